The number of hydrogen-bond acceptors (Lipinski definition) is 4. The third-order valence-corrected chi connectivity index (χ3v) is 5.14. The first-order valence-electron chi connectivity index (χ1n) is 7.23. The van der Waals surface area contributed by atoms with E-state index in [0.29, 0.717) is 0 Å². The fraction of sp³-hybridized carbons (Fsp3) is 0.846. The van der Waals surface area contributed by atoms with E-state index in [1.165, 1.54) is 49.5 Å². The van der Waals surface area contributed by atoms with Crippen LogP contribution in [0.15, 0.2) is 6.33 Å². The molecule has 0 unspecified atom stereocenters. The Labute approximate surface area is 111 Å². The summed E-state index contributed by atoms with van der Waals surface area (Å²) in [6, 6.07) is 0. The molecular formula is C13H19N5O. The van der Waals surface area contributed by atoms with Gasteiger partial charge in [-0.3, -0.25) is 4.79 Å². The molecule has 6 heteroatoms. The summed E-state index contributed by atoms with van der Waals surface area (Å²) in [7, 11) is 0. The van der Waals surface area contributed by atoms with Gasteiger partial charge in [0.05, 0.1) is 0 Å². The zero-order chi connectivity index (χ0) is 12.9. The smallest absolute Gasteiger partial charge is 0.242 e. The van der Waals surface area contributed by atoms with Gasteiger partial charge in [-0.1, -0.05) is 0 Å². The summed E-state index contributed by atoms with van der Waals surface area (Å²) < 4.78 is 1.48. The molecule has 0 spiro atoms. The van der Waals surface area contributed by atoms with Crippen LogP contribution in [0.2, 0.25) is 0 Å². The lowest BCUT2D eigenvalue weighted by atomic mass is 9.53. The van der Waals surface area contributed by atoms with Crippen molar-refractivity contribution in [1.82, 2.24) is 25.5 Å². The van der Waals surface area contributed by atoms with Crippen molar-refractivity contribution in [2.75, 3.05) is 0 Å². The number of aromatic nitrogens is 4. The van der Waals surface area contributed by atoms with Crippen LogP contribution in [0, 0.1) is 17.8 Å². The van der Waals surface area contributed by atoms with Crippen molar-refractivity contribution >= 4 is 5.91 Å². The summed E-state index contributed by atoms with van der Waals surface area (Å²) in [5.41, 5.74) is 0.0832. The van der Waals surface area contributed by atoms with Gasteiger partial charge >= 0.3 is 0 Å². The number of nitrogens with zero attached hydrogens (tertiary/aromatic N) is 4. The molecule has 0 atom stereocenters. The predicted octanol–water partition coefficient (Wildman–Crippen LogP) is 0.758. The molecule has 4 saturated carbocycles. The molecule has 19 heavy (non-hydrogen) atoms. The predicted molar refractivity (Wildman–Crippen MR) is 66.9 cm³/mol. The van der Waals surface area contributed by atoms with Crippen molar-refractivity contribution in [1.29, 1.82) is 0 Å². The Morgan fingerprint density at radius 3 is 2.37 bits per heavy atom. The van der Waals surface area contributed by atoms with Gasteiger partial charge in [0.2, 0.25) is 5.91 Å². The van der Waals surface area contributed by atoms with Gasteiger partial charge in [-0.15, -0.1) is 5.10 Å². The van der Waals surface area contributed by atoms with E-state index in [2.05, 4.69) is 20.8 Å². The Morgan fingerprint density at radius 1 is 1.21 bits per heavy atom. The van der Waals surface area contributed by atoms with Gasteiger partial charge in [-0.25, -0.2) is 4.68 Å². The molecule has 0 radical (unpaired) electrons. The molecule has 1 N–H and O–H groups in total. The molecule has 5 rings (SSSR count). The van der Waals surface area contributed by atoms with Crippen LogP contribution < -0.4 is 5.32 Å². The molecular weight excluding hydrogens is 242 g/mol. The summed E-state index contributed by atoms with van der Waals surface area (Å²) in [5.74, 6) is 2.59. The van der Waals surface area contributed by atoms with Gasteiger partial charge < -0.3 is 5.32 Å². The molecule has 1 aromatic rings. The summed E-state index contributed by atoms with van der Waals surface area (Å²) in [6.07, 6.45) is 9.20. The molecule has 1 amide bonds. The molecule has 1 aromatic heterocycles. The molecule has 0 aromatic carbocycles. The molecule has 4 aliphatic rings. The topological polar surface area (TPSA) is 72.7 Å². The Morgan fingerprint density at radius 2 is 1.84 bits per heavy atom. The van der Waals surface area contributed by atoms with Gasteiger partial charge in [0.1, 0.15) is 12.9 Å². The van der Waals surface area contributed by atoms with Crippen molar-refractivity contribution in [3.63, 3.8) is 0 Å². The fourth-order valence-electron chi connectivity index (χ4n) is 5.00. The minimum absolute atomic E-state index is 0.0502. The van der Waals surface area contributed by atoms with Crippen LogP contribution >= 0.6 is 0 Å². The monoisotopic (exact) mass is 261 g/mol. The van der Waals surface area contributed by atoms with E-state index in [1.807, 2.05) is 0 Å². The Balaban J connectivity index is 1.46. The van der Waals surface area contributed by atoms with Gasteiger partial charge in [-0.2, -0.15) is 0 Å². The summed E-state index contributed by atoms with van der Waals surface area (Å²) in [4.78, 5) is 12.2. The van der Waals surface area contributed by atoms with Crippen LogP contribution in [0.25, 0.3) is 0 Å². The van der Waals surface area contributed by atoms with E-state index in [4.69, 9.17) is 0 Å². The van der Waals surface area contributed by atoms with Crippen LogP contribution in [-0.2, 0) is 11.3 Å². The lowest BCUT2D eigenvalue weighted by molar-refractivity contribution is -0.127. The molecule has 1 heterocycles. The lowest BCUT2D eigenvalue weighted by Gasteiger charge is -2.56. The van der Waals surface area contributed by atoms with Crippen LogP contribution in [0.4, 0.5) is 0 Å². The molecule has 4 aliphatic carbocycles. The maximum Gasteiger partial charge on any atom is 0.242 e. The van der Waals surface area contributed by atoms with E-state index in [-0.39, 0.29) is 18.0 Å². The number of amides is 1. The fourth-order valence-corrected chi connectivity index (χ4v) is 5.00. The number of tetrazole rings is 1. The minimum Gasteiger partial charge on any atom is -0.349 e. The minimum atomic E-state index is 0.0502. The second kappa shape index (κ2) is 4.02. The maximum absolute atomic E-state index is 12.2. The summed E-state index contributed by atoms with van der Waals surface area (Å²) >= 11 is 0. The van der Waals surface area contributed by atoms with Gasteiger partial charge in [-0.05, 0) is 66.7 Å². The average molecular weight is 261 g/mol. The highest BCUT2D eigenvalue weighted by Crippen LogP contribution is 2.55. The first kappa shape index (κ1) is 11.4. The highest BCUT2D eigenvalue weighted by molar-refractivity contribution is 5.76. The molecule has 4 bridgehead atoms. The van der Waals surface area contributed by atoms with Crippen molar-refractivity contribution < 1.29 is 4.79 Å². The molecule has 102 valence electrons. The molecule has 4 fully saturated rings. The Kier molecular flexibility index (Phi) is 2.40. The van der Waals surface area contributed by atoms with E-state index < -0.39 is 0 Å². The standard InChI is InChI=1S/C13H19N5O/c19-12(7-18-8-14-16-17-18)15-13-4-9-1-10(5-13)3-11(2-9)6-13/h8-11H,1-7H2,(H,15,19). The third-order valence-electron chi connectivity index (χ3n) is 5.14. The van der Waals surface area contributed by atoms with Gasteiger partial charge in [0, 0.05) is 5.54 Å². The highest BCUT2D eigenvalue weighted by Gasteiger charge is 2.51. The number of carbonyl (C=O) groups is 1. The lowest BCUT2D eigenvalue weighted by Crippen LogP contribution is -2.60. The normalized spacial score (nSPS) is 39.5. The summed E-state index contributed by atoms with van der Waals surface area (Å²) in [6.45, 7) is 0.231. The largest absolute Gasteiger partial charge is 0.349 e. The van der Waals surface area contributed by atoms with Gasteiger partial charge in [0.25, 0.3) is 0 Å². The Bertz CT molecular complexity index is 448. The zero-order valence-electron chi connectivity index (χ0n) is 11.0. The van der Waals surface area contributed by atoms with Gasteiger partial charge in [0.15, 0.2) is 0 Å². The first-order valence-corrected chi connectivity index (χ1v) is 7.23. The van der Waals surface area contributed by atoms with Crippen LogP contribution in [0.5, 0.6) is 0 Å². The number of hydrogen-bond donors (Lipinski definition) is 1. The summed E-state index contributed by atoms with van der Waals surface area (Å²) in [5, 5.41) is 14.2. The van der Waals surface area contributed by atoms with Crippen molar-refractivity contribution in [2.24, 2.45) is 17.8 Å². The van der Waals surface area contributed by atoms with Crippen molar-refractivity contribution in [3.05, 3.63) is 6.33 Å². The zero-order valence-corrected chi connectivity index (χ0v) is 11.0. The van der Waals surface area contributed by atoms with E-state index >= 15 is 0 Å². The van der Waals surface area contributed by atoms with E-state index in [9.17, 15) is 4.79 Å². The first-order chi connectivity index (χ1) is 9.21. The van der Waals surface area contributed by atoms with Crippen LogP contribution in [-0.4, -0.2) is 31.7 Å². The SMILES string of the molecule is O=C(Cn1cnnn1)NC12CC3CC(CC(C3)C1)C2. The van der Waals surface area contributed by atoms with Crippen LogP contribution in [0.1, 0.15) is 38.5 Å². The van der Waals surface area contributed by atoms with Crippen molar-refractivity contribution in [3.8, 4) is 0 Å². The quantitative estimate of drug-likeness (QED) is 0.871. The van der Waals surface area contributed by atoms with Crippen LogP contribution in [0.3, 0.4) is 0 Å². The number of rotatable bonds is 3. The number of carbonyl (C=O) groups excluding carboxylic acids is 1. The van der Waals surface area contributed by atoms with E-state index in [1.54, 1.807) is 0 Å². The number of nitrogens with one attached hydrogen (secondary N) is 1. The second-order valence-electron chi connectivity index (χ2n) is 6.75. The highest BCUT2D eigenvalue weighted by atomic mass is 16.2. The third kappa shape index (κ3) is 2.03. The Hall–Kier alpha value is -1.46. The second-order valence-corrected chi connectivity index (χ2v) is 6.75. The molecule has 6 nitrogen and oxygen atoms in total. The maximum atomic E-state index is 12.2. The molecule has 0 saturated heterocycles. The van der Waals surface area contributed by atoms with E-state index in [0.717, 1.165) is 17.8 Å². The molecule has 0 aliphatic heterocycles. The van der Waals surface area contributed by atoms with Crippen molar-refractivity contribution in [2.45, 2.75) is 50.6 Å². The average Bonchev–Trinajstić information content (AvgIpc) is 2.78.